The summed E-state index contributed by atoms with van der Waals surface area (Å²) in [4.78, 5) is 0. The molecule has 0 bridgehead atoms. The van der Waals surface area contributed by atoms with Gasteiger partial charge < -0.3 is 4.74 Å². The van der Waals surface area contributed by atoms with Crippen molar-refractivity contribution in [2.24, 2.45) is 0 Å². The summed E-state index contributed by atoms with van der Waals surface area (Å²) in [6.07, 6.45) is 0.133. The lowest BCUT2D eigenvalue weighted by atomic mass is 10.2. The van der Waals surface area contributed by atoms with E-state index in [9.17, 15) is 0 Å². The second-order valence-electron chi connectivity index (χ2n) is 2.85. The van der Waals surface area contributed by atoms with Crippen molar-refractivity contribution in [3.63, 3.8) is 0 Å². The summed E-state index contributed by atoms with van der Waals surface area (Å²) < 4.78 is 5.42. The van der Waals surface area contributed by atoms with Gasteiger partial charge in [0.25, 0.3) is 0 Å². The van der Waals surface area contributed by atoms with Crippen LogP contribution in [-0.2, 0) is 0 Å². The SMILES string of the molecule is [CH]c1cc(Cl)ccc1OC(C)C. The Hall–Kier alpha value is -0.690. The Morgan fingerprint density at radius 1 is 1.42 bits per heavy atom. The van der Waals surface area contributed by atoms with Crippen LogP contribution in [0.2, 0.25) is 5.02 Å². The van der Waals surface area contributed by atoms with Crippen molar-refractivity contribution in [1.29, 1.82) is 0 Å². The molecule has 0 fully saturated rings. The molecule has 0 unspecified atom stereocenters. The summed E-state index contributed by atoms with van der Waals surface area (Å²) in [5, 5.41) is 0.628. The van der Waals surface area contributed by atoms with Crippen LogP contribution in [0.4, 0.5) is 0 Å². The van der Waals surface area contributed by atoms with Gasteiger partial charge in [-0.3, -0.25) is 0 Å². The van der Waals surface area contributed by atoms with Crippen LogP contribution in [0.25, 0.3) is 0 Å². The average molecular weight is 183 g/mol. The van der Waals surface area contributed by atoms with Crippen LogP contribution in [0, 0.1) is 6.92 Å². The zero-order valence-electron chi connectivity index (χ0n) is 7.17. The number of hydrogen-bond acceptors (Lipinski definition) is 1. The molecule has 0 heterocycles. The summed E-state index contributed by atoms with van der Waals surface area (Å²) in [6, 6.07) is 5.21. The first-order chi connectivity index (χ1) is 5.59. The molecule has 1 aromatic carbocycles. The van der Waals surface area contributed by atoms with Gasteiger partial charge in [-0.2, -0.15) is 0 Å². The summed E-state index contributed by atoms with van der Waals surface area (Å²) in [5.74, 6) is 0.689. The van der Waals surface area contributed by atoms with Gasteiger partial charge in [0, 0.05) is 11.9 Å². The van der Waals surface area contributed by atoms with E-state index < -0.39 is 0 Å². The Bertz CT molecular complexity index is 269. The van der Waals surface area contributed by atoms with Gasteiger partial charge in [-0.1, -0.05) is 11.6 Å². The van der Waals surface area contributed by atoms with Crippen molar-refractivity contribution in [3.05, 3.63) is 35.7 Å². The van der Waals surface area contributed by atoms with Crippen LogP contribution in [0.3, 0.4) is 0 Å². The fraction of sp³-hybridized carbons (Fsp3) is 0.300. The highest BCUT2D eigenvalue weighted by molar-refractivity contribution is 6.30. The molecule has 0 aromatic heterocycles. The van der Waals surface area contributed by atoms with Crippen molar-refractivity contribution in [2.45, 2.75) is 20.0 Å². The molecule has 2 heteroatoms. The quantitative estimate of drug-likeness (QED) is 0.683. The van der Waals surface area contributed by atoms with E-state index in [4.69, 9.17) is 23.3 Å². The molecule has 2 radical (unpaired) electrons. The van der Waals surface area contributed by atoms with E-state index in [0.717, 1.165) is 0 Å². The van der Waals surface area contributed by atoms with E-state index in [2.05, 4.69) is 0 Å². The molecule has 0 aliphatic carbocycles. The molecule has 1 nitrogen and oxygen atoms in total. The minimum absolute atomic E-state index is 0.133. The third-order valence-corrected chi connectivity index (χ3v) is 1.57. The monoisotopic (exact) mass is 182 g/mol. The summed E-state index contributed by atoms with van der Waals surface area (Å²) in [6.45, 7) is 9.57. The first-order valence-electron chi connectivity index (χ1n) is 3.81. The molecule has 0 aliphatic rings. The molecule has 0 amide bonds. The Balaban J connectivity index is 2.86. The molecule has 0 saturated heterocycles. The van der Waals surface area contributed by atoms with Crippen molar-refractivity contribution in [1.82, 2.24) is 0 Å². The van der Waals surface area contributed by atoms with Crippen LogP contribution < -0.4 is 4.74 Å². The van der Waals surface area contributed by atoms with Gasteiger partial charge in [-0.25, -0.2) is 0 Å². The van der Waals surface area contributed by atoms with Gasteiger partial charge in [0.15, 0.2) is 0 Å². The molecule has 0 N–H and O–H groups in total. The number of benzene rings is 1. The Morgan fingerprint density at radius 2 is 2.08 bits per heavy atom. The van der Waals surface area contributed by atoms with Crippen molar-refractivity contribution in [3.8, 4) is 5.75 Å². The molecule has 64 valence electrons. The highest BCUT2D eigenvalue weighted by Crippen LogP contribution is 2.22. The maximum Gasteiger partial charge on any atom is 0.123 e. The third kappa shape index (κ3) is 2.42. The van der Waals surface area contributed by atoms with Crippen molar-refractivity contribution >= 4 is 11.6 Å². The largest absolute Gasteiger partial charge is 0.491 e. The molecule has 1 aromatic rings. The lowest BCUT2D eigenvalue weighted by molar-refractivity contribution is 0.241. The third-order valence-electron chi connectivity index (χ3n) is 1.33. The van der Waals surface area contributed by atoms with E-state index in [1.807, 2.05) is 13.8 Å². The maximum atomic E-state index is 5.72. The van der Waals surface area contributed by atoms with Gasteiger partial charge >= 0.3 is 0 Å². The second-order valence-corrected chi connectivity index (χ2v) is 3.29. The predicted octanol–water partition coefficient (Wildman–Crippen LogP) is 3.19. The zero-order valence-corrected chi connectivity index (χ0v) is 7.93. The molecule has 1 rings (SSSR count). The maximum absolute atomic E-state index is 5.72. The normalized spacial score (nSPS) is 10.4. The van der Waals surface area contributed by atoms with E-state index >= 15 is 0 Å². The van der Waals surface area contributed by atoms with Crippen LogP contribution in [-0.4, -0.2) is 6.10 Å². The number of halogens is 1. The number of rotatable bonds is 2. The van der Waals surface area contributed by atoms with Gasteiger partial charge in [0.05, 0.1) is 6.10 Å². The molecular formula is C10H11ClO. The van der Waals surface area contributed by atoms with E-state index in [1.165, 1.54) is 0 Å². The number of hydrogen-bond donors (Lipinski definition) is 0. The Kier molecular flexibility index (Phi) is 2.99. The van der Waals surface area contributed by atoms with E-state index in [-0.39, 0.29) is 6.10 Å². The Morgan fingerprint density at radius 3 is 2.58 bits per heavy atom. The average Bonchev–Trinajstić information content (AvgIpc) is 1.94. The minimum Gasteiger partial charge on any atom is -0.491 e. The van der Waals surface area contributed by atoms with Crippen molar-refractivity contribution in [2.75, 3.05) is 0 Å². The van der Waals surface area contributed by atoms with E-state index in [0.29, 0.717) is 16.3 Å². The fourth-order valence-electron chi connectivity index (χ4n) is 0.881. The van der Waals surface area contributed by atoms with Crippen molar-refractivity contribution < 1.29 is 4.74 Å². The molecule has 12 heavy (non-hydrogen) atoms. The topological polar surface area (TPSA) is 9.23 Å². The minimum atomic E-state index is 0.133. The lowest BCUT2D eigenvalue weighted by Crippen LogP contribution is -2.06. The van der Waals surface area contributed by atoms with Crippen LogP contribution >= 0.6 is 11.6 Å². The smallest absolute Gasteiger partial charge is 0.123 e. The molecule has 0 saturated carbocycles. The van der Waals surface area contributed by atoms with Crippen LogP contribution in [0.5, 0.6) is 5.75 Å². The van der Waals surface area contributed by atoms with Gasteiger partial charge in [0.2, 0.25) is 0 Å². The summed E-state index contributed by atoms with van der Waals surface area (Å²) >= 11 is 5.72. The van der Waals surface area contributed by atoms with Gasteiger partial charge in [-0.05, 0) is 37.6 Å². The predicted molar refractivity (Wildman–Crippen MR) is 50.6 cm³/mol. The highest BCUT2D eigenvalue weighted by atomic mass is 35.5. The van der Waals surface area contributed by atoms with Gasteiger partial charge in [0.1, 0.15) is 5.75 Å². The molecular weight excluding hydrogens is 172 g/mol. The first kappa shape index (κ1) is 9.40. The summed E-state index contributed by atoms with van der Waals surface area (Å²) in [7, 11) is 0. The van der Waals surface area contributed by atoms with E-state index in [1.54, 1.807) is 18.2 Å². The second kappa shape index (κ2) is 3.81. The number of ether oxygens (including phenoxy) is 1. The van der Waals surface area contributed by atoms with Crippen LogP contribution in [0.15, 0.2) is 18.2 Å². The lowest BCUT2D eigenvalue weighted by Gasteiger charge is -2.11. The standard InChI is InChI=1S/C10H11ClO/c1-7(2)12-10-5-4-9(11)6-8(10)3/h3-7H,1-2H3. The molecule has 0 spiro atoms. The summed E-state index contributed by atoms with van der Waals surface area (Å²) in [5.41, 5.74) is 0.580. The first-order valence-corrected chi connectivity index (χ1v) is 4.19. The highest BCUT2D eigenvalue weighted by Gasteiger charge is 2.01. The fourth-order valence-corrected chi connectivity index (χ4v) is 1.06. The zero-order chi connectivity index (χ0) is 9.14. The molecule has 0 atom stereocenters. The molecule has 0 aliphatic heterocycles. The Labute approximate surface area is 78.3 Å². The van der Waals surface area contributed by atoms with Crippen LogP contribution in [0.1, 0.15) is 19.4 Å². The van der Waals surface area contributed by atoms with Gasteiger partial charge in [-0.15, -0.1) is 0 Å².